The molecule has 0 aromatic heterocycles. The molecular formula is C13H20O. The molecule has 0 bridgehead atoms. The Labute approximate surface area is 87.2 Å². The fraction of sp³-hybridized carbons (Fsp3) is 0.462. The van der Waals surface area contributed by atoms with Crippen LogP contribution >= 0.6 is 0 Å². The van der Waals surface area contributed by atoms with Crippen LogP contribution in [0.15, 0.2) is 34.4 Å². The SMILES string of the molecule is C=C1C(C)=C(C)C(=O)C(C)=C1C.CC. The molecule has 0 amide bonds. The van der Waals surface area contributed by atoms with Crippen molar-refractivity contribution in [2.24, 2.45) is 0 Å². The fourth-order valence-electron chi connectivity index (χ4n) is 1.36. The van der Waals surface area contributed by atoms with Crippen molar-refractivity contribution in [3.63, 3.8) is 0 Å². The van der Waals surface area contributed by atoms with Crippen LogP contribution in [0.3, 0.4) is 0 Å². The number of rotatable bonds is 0. The van der Waals surface area contributed by atoms with Crippen LogP contribution in [-0.4, -0.2) is 5.78 Å². The number of allylic oxidation sites excluding steroid dienone is 5. The number of Topliss-reactive ketones (excluding diaryl/α,β-unsaturated/α-hetero) is 1. The van der Waals surface area contributed by atoms with Gasteiger partial charge in [-0.3, -0.25) is 4.79 Å². The Kier molecular flexibility index (Phi) is 4.55. The third-order valence-corrected chi connectivity index (χ3v) is 2.71. The summed E-state index contributed by atoms with van der Waals surface area (Å²) < 4.78 is 0. The molecule has 1 aliphatic carbocycles. The summed E-state index contributed by atoms with van der Waals surface area (Å²) in [5.41, 5.74) is 4.74. The maximum Gasteiger partial charge on any atom is 0.184 e. The minimum Gasteiger partial charge on any atom is -0.289 e. The van der Waals surface area contributed by atoms with Crippen molar-refractivity contribution in [2.45, 2.75) is 41.5 Å². The highest BCUT2D eigenvalue weighted by Gasteiger charge is 2.20. The second-order valence-corrected chi connectivity index (χ2v) is 3.31. The van der Waals surface area contributed by atoms with Gasteiger partial charge in [0.2, 0.25) is 0 Å². The molecule has 1 rings (SSSR count). The lowest BCUT2D eigenvalue weighted by Gasteiger charge is -2.19. The first kappa shape index (κ1) is 12.9. The average molecular weight is 192 g/mol. The van der Waals surface area contributed by atoms with E-state index in [9.17, 15) is 4.79 Å². The molecule has 0 saturated carbocycles. The lowest BCUT2D eigenvalue weighted by molar-refractivity contribution is -0.112. The predicted octanol–water partition coefficient (Wildman–Crippen LogP) is 3.82. The van der Waals surface area contributed by atoms with Crippen molar-refractivity contribution in [3.8, 4) is 0 Å². The summed E-state index contributed by atoms with van der Waals surface area (Å²) in [6.07, 6.45) is 0. The van der Waals surface area contributed by atoms with E-state index in [0.29, 0.717) is 0 Å². The molecule has 0 saturated heterocycles. The van der Waals surface area contributed by atoms with Gasteiger partial charge in [-0.25, -0.2) is 0 Å². The summed E-state index contributed by atoms with van der Waals surface area (Å²) in [6.45, 7) is 15.6. The minimum absolute atomic E-state index is 0.164. The quantitative estimate of drug-likeness (QED) is 0.570. The van der Waals surface area contributed by atoms with Gasteiger partial charge in [0.1, 0.15) is 0 Å². The van der Waals surface area contributed by atoms with Gasteiger partial charge >= 0.3 is 0 Å². The summed E-state index contributed by atoms with van der Waals surface area (Å²) in [5, 5.41) is 0. The molecule has 0 aromatic carbocycles. The highest BCUT2D eigenvalue weighted by molar-refractivity contribution is 6.11. The highest BCUT2D eigenvalue weighted by Crippen LogP contribution is 2.29. The molecule has 0 aromatic rings. The third kappa shape index (κ3) is 2.03. The molecule has 0 N–H and O–H groups in total. The number of carbonyl (C=O) groups excluding carboxylic acids is 1. The van der Waals surface area contributed by atoms with Crippen LogP contribution in [0.5, 0.6) is 0 Å². The molecule has 78 valence electrons. The third-order valence-electron chi connectivity index (χ3n) is 2.71. The van der Waals surface area contributed by atoms with Gasteiger partial charge in [0, 0.05) is 11.1 Å². The molecule has 14 heavy (non-hydrogen) atoms. The molecule has 0 aliphatic heterocycles. The van der Waals surface area contributed by atoms with Crippen LogP contribution in [0.1, 0.15) is 41.5 Å². The van der Waals surface area contributed by atoms with Gasteiger partial charge in [0.05, 0.1) is 0 Å². The van der Waals surface area contributed by atoms with Gasteiger partial charge in [-0.1, -0.05) is 20.4 Å². The Morgan fingerprint density at radius 3 is 1.36 bits per heavy atom. The Morgan fingerprint density at radius 2 is 1.07 bits per heavy atom. The van der Waals surface area contributed by atoms with Gasteiger partial charge in [0.25, 0.3) is 0 Å². The Balaban J connectivity index is 0.000000791. The zero-order valence-corrected chi connectivity index (χ0v) is 10.1. The van der Waals surface area contributed by atoms with Gasteiger partial charge in [-0.05, 0) is 44.4 Å². The second-order valence-electron chi connectivity index (χ2n) is 3.31. The summed E-state index contributed by atoms with van der Waals surface area (Å²) in [5.74, 6) is 0.164. The molecule has 0 heterocycles. The van der Waals surface area contributed by atoms with E-state index in [0.717, 1.165) is 27.9 Å². The molecule has 0 atom stereocenters. The van der Waals surface area contributed by atoms with Crippen LogP contribution in [0.2, 0.25) is 0 Å². The number of hydrogen-bond acceptors (Lipinski definition) is 1. The predicted molar refractivity (Wildman–Crippen MR) is 62.2 cm³/mol. The lowest BCUT2D eigenvalue weighted by atomic mass is 9.85. The van der Waals surface area contributed by atoms with Crippen molar-refractivity contribution < 1.29 is 4.79 Å². The molecule has 0 fully saturated rings. The smallest absolute Gasteiger partial charge is 0.184 e. The van der Waals surface area contributed by atoms with E-state index in [-0.39, 0.29) is 5.78 Å². The van der Waals surface area contributed by atoms with Crippen molar-refractivity contribution >= 4 is 5.78 Å². The average Bonchev–Trinajstić information content (AvgIpc) is 2.24. The van der Waals surface area contributed by atoms with Crippen LogP contribution in [0.4, 0.5) is 0 Å². The van der Waals surface area contributed by atoms with Crippen molar-refractivity contribution in [1.29, 1.82) is 0 Å². The zero-order chi connectivity index (χ0) is 11.5. The Morgan fingerprint density at radius 1 is 0.786 bits per heavy atom. The van der Waals surface area contributed by atoms with Crippen molar-refractivity contribution in [3.05, 3.63) is 34.4 Å². The van der Waals surface area contributed by atoms with E-state index in [2.05, 4.69) is 6.58 Å². The van der Waals surface area contributed by atoms with Crippen LogP contribution < -0.4 is 0 Å². The maximum absolute atomic E-state index is 11.5. The number of hydrogen-bond donors (Lipinski definition) is 0. The maximum atomic E-state index is 11.5. The summed E-state index contributed by atoms with van der Waals surface area (Å²) in [4.78, 5) is 11.5. The highest BCUT2D eigenvalue weighted by atomic mass is 16.1. The topological polar surface area (TPSA) is 17.1 Å². The molecule has 0 radical (unpaired) electrons. The fourth-order valence-corrected chi connectivity index (χ4v) is 1.36. The Hall–Kier alpha value is -1.11. The summed E-state index contributed by atoms with van der Waals surface area (Å²) >= 11 is 0. The first-order chi connectivity index (χ1) is 6.46. The largest absolute Gasteiger partial charge is 0.289 e. The van der Waals surface area contributed by atoms with Gasteiger partial charge < -0.3 is 0 Å². The molecule has 0 unspecified atom stereocenters. The standard InChI is InChI=1S/C11H14O.C2H6/c1-6-7(2)9(4)11(12)10(5)8(6)3;1-2/h1H2,2-5H3;1-2H3. The second kappa shape index (κ2) is 4.94. The van der Waals surface area contributed by atoms with E-state index in [1.807, 2.05) is 41.5 Å². The van der Waals surface area contributed by atoms with E-state index in [1.165, 1.54) is 0 Å². The first-order valence-electron chi connectivity index (χ1n) is 5.06. The number of ketones is 1. The van der Waals surface area contributed by atoms with Crippen molar-refractivity contribution in [2.75, 3.05) is 0 Å². The monoisotopic (exact) mass is 192 g/mol. The normalized spacial score (nSPS) is 17.0. The summed E-state index contributed by atoms with van der Waals surface area (Å²) in [6, 6.07) is 0. The molecule has 0 spiro atoms. The van der Waals surface area contributed by atoms with E-state index >= 15 is 0 Å². The van der Waals surface area contributed by atoms with E-state index in [1.54, 1.807) is 0 Å². The minimum atomic E-state index is 0.164. The van der Waals surface area contributed by atoms with Gasteiger partial charge in [-0.2, -0.15) is 0 Å². The lowest BCUT2D eigenvalue weighted by Crippen LogP contribution is -2.12. The first-order valence-corrected chi connectivity index (χ1v) is 5.06. The molecular weight excluding hydrogens is 172 g/mol. The van der Waals surface area contributed by atoms with Gasteiger partial charge in [0.15, 0.2) is 5.78 Å². The zero-order valence-electron chi connectivity index (χ0n) is 10.1. The van der Waals surface area contributed by atoms with E-state index in [4.69, 9.17) is 0 Å². The van der Waals surface area contributed by atoms with Crippen LogP contribution in [0.25, 0.3) is 0 Å². The molecule has 1 nitrogen and oxygen atoms in total. The van der Waals surface area contributed by atoms with Crippen LogP contribution in [0, 0.1) is 0 Å². The van der Waals surface area contributed by atoms with Crippen LogP contribution in [-0.2, 0) is 4.79 Å². The van der Waals surface area contributed by atoms with E-state index < -0.39 is 0 Å². The Bertz CT molecular complexity index is 265. The van der Waals surface area contributed by atoms with Gasteiger partial charge in [-0.15, -0.1) is 0 Å². The number of carbonyl (C=O) groups is 1. The van der Waals surface area contributed by atoms with Crippen molar-refractivity contribution in [1.82, 2.24) is 0 Å². The summed E-state index contributed by atoms with van der Waals surface area (Å²) in [7, 11) is 0. The molecule has 1 aliphatic rings. The molecule has 1 heteroatoms.